The van der Waals surface area contributed by atoms with Crippen molar-refractivity contribution in [3.63, 3.8) is 0 Å². The third-order valence-corrected chi connectivity index (χ3v) is 3.70. The van der Waals surface area contributed by atoms with Gasteiger partial charge in [0, 0.05) is 17.0 Å². The van der Waals surface area contributed by atoms with Crippen LogP contribution in [0.4, 0.5) is 0 Å². The lowest BCUT2D eigenvalue weighted by Crippen LogP contribution is -2.04. The molecule has 1 aromatic heterocycles. The molecule has 0 amide bonds. The lowest BCUT2D eigenvalue weighted by Gasteiger charge is -2.08. The molecule has 1 saturated carbocycles. The zero-order valence-electron chi connectivity index (χ0n) is 9.41. The molecule has 17 heavy (non-hydrogen) atoms. The van der Waals surface area contributed by atoms with Gasteiger partial charge >= 0.3 is 0 Å². The van der Waals surface area contributed by atoms with Gasteiger partial charge in [0.2, 0.25) is 0 Å². The van der Waals surface area contributed by atoms with E-state index in [2.05, 4.69) is 0 Å². The van der Waals surface area contributed by atoms with Gasteiger partial charge in [0.25, 0.3) is 0 Å². The van der Waals surface area contributed by atoms with E-state index in [-0.39, 0.29) is 5.43 Å². The number of halogens is 1. The minimum absolute atomic E-state index is 0.00986. The zero-order chi connectivity index (χ0) is 11.8. The largest absolute Gasteiger partial charge is 0.461 e. The van der Waals surface area contributed by atoms with Crippen molar-refractivity contribution < 1.29 is 4.42 Å². The van der Waals surface area contributed by atoms with Gasteiger partial charge in [-0.2, -0.15) is 0 Å². The molecule has 0 aliphatic heterocycles. The molecule has 0 saturated heterocycles. The highest BCUT2D eigenvalue weighted by Crippen LogP contribution is 2.34. The molecule has 2 nitrogen and oxygen atoms in total. The van der Waals surface area contributed by atoms with Crippen LogP contribution in [0.1, 0.15) is 37.4 Å². The second-order valence-corrected chi connectivity index (χ2v) is 5.07. The highest BCUT2D eigenvalue weighted by molar-refractivity contribution is 6.31. The van der Waals surface area contributed by atoms with Gasteiger partial charge < -0.3 is 4.42 Å². The highest BCUT2D eigenvalue weighted by Gasteiger charge is 2.20. The van der Waals surface area contributed by atoms with Crippen molar-refractivity contribution in [1.29, 1.82) is 0 Å². The van der Waals surface area contributed by atoms with E-state index in [9.17, 15) is 4.79 Å². The first-order valence-corrected chi connectivity index (χ1v) is 6.35. The van der Waals surface area contributed by atoms with Gasteiger partial charge in [-0.15, -0.1) is 0 Å². The average molecular weight is 249 g/mol. The SMILES string of the molecule is O=c1cc(C2CCCC2)oc2ccc(Cl)cc12. The van der Waals surface area contributed by atoms with E-state index >= 15 is 0 Å². The Morgan fingerprint density at radius 2 is 1.94 bits per heavy atom. The van der Waals surface area contributed by atoms with Crippen molar-refractivity contribution in [2.24, 2.45) is 0 Å². The summed E-state index contributed by atoms with van der Waals surface area (Å²) in [5.41, 5.74) is 0.652. The van der Waals surface area contributed by atoms with Crippen molar-refractivity contribution in [3.8, 4) is 0 Å². The monoisotopic (exact) mass is 248 g/mol. The Morgan fingerprint density at radius 1 is 1.18 bits per heavy atom. The molecule has 1 heterocycles. The summed E-state index contributed by atoms with van der Waals surface area (Å²) in [6.45, 7) is 0. The summed E-state index contributed by atoms with van der Waals surface area (Å²) in [4.78, 5) is 12.0. The van der Waals surface area contributed by atoms with E-state index in [1.807, 2.05) is 0 Å². The first kappa shape index (κ1) is 10.8. The molecule has 0 unspecified atom stereocenters. The molecule has 0 atom stereocenters. The molecule has 1 aliphatic carbocycles. The van der Waals surface area contributed by atoms with Crippen LogP contribution in [0.15, 0.2) is 33.5 Å². The number of fused-ring (bicyclic) bond motifs is 1. The Kier molecular flexibility index (Phi) is 2.67. The summed E-state index contributed by atoms with van der Waals surface area (Å²) in [6, 6.07) is 6.83. The van der Waals surface area contributed by atoms with Crippen LogP contribution in [-0.2, 0) is 0 Å². The molecule has 0 N–H and O–H groups in total. The molecule has 0 radical (unpaired) electrons. The molecule has 3 heteroatoms. The third-order valence-electron chi connectivity index (χ3n) is 3.47. The summed E-state index contributed by atoms with van der Waals surface area (Å²) in [5, 5.41) is 1.14. The van der Waals surface area contributed by atoms with E-state index < -0.39 is 0 Å². The predicted octanol–water partition coefficient (Wildman–Crippen LogP) is 4.10. The molecule has 1 aliphatic rings. The fourth-order valence-electron chi connectivity index (χ4n) is 2.56. The van der Waals surface area contributed by atoms with Crippen LogP contribution in [0.2, 0.25) is 5.02 Å². The third kappa shape index (κ3) is 1.98. The van der Waals surface area contributed by atoms with Gasteiger partial charge in [0.05, 0.1) is 5.39 Å². The maximum Gasteiger partial charge on any atom is 0.193 e. The fourth-order valence-corrected chi connectivity index (χ4v) is 2.73. The van der Waals surface area contributed by atoms with Gasteiger partial charge in [-0.25, -0.2) is 0 Å². The molecular formula is C14H13ClO2. The van der Waals surface area contributed by atoms with E-state index in [0.717, 1.165) is 18.6 Å². The van der Waals surface area contributed by atoms with Gasteiger partial charge in [-0.05, 0) is 31.0 Å². The maximum atomic E-state index is 12.0. The van der Waals surface area contributed by atoms with E-state index in [0.29, 0.717) is 21.9 Å². The Bertz CT molecular complexity index is 609. The topological polar surface area (TPSA) is 30.2 Å². The van der Waals surface area contributed by atoms with Gasteiger partial charge in [-0.1, -0.05) is 24.4 Å². The summed E-state index contributed by atoms with van der Waals surface area (Å²) < 4.78 is 5.82. The summed E-state index contributed by atoms with van der Waals surface area (Å²) >= 11 is 5.88. The second kappa shape index (κ2) is 4.19. The van der Waals surface area contributed by atoms with Crippen LogP contribution in [0.3, 0.4) is 0 Å². The van der Waals surface area contributed by atoms with Crippen LogP contribution in [0.5, 0.6) is 0 Å². The standard InChI is InChI=1S/C14H13ClO2/c15-10-5-6-13-11(7-10)12(16)8-14(17-13)9-3-1-2-4-9/h5-9H,1-4H2. The lowest BCUT2D eigenvalue weighted by atomic mass is 10.0. The van der Waals surface area contributed by atoms with Crippen LogP contribution in [0.25, 0.3) is 11.0 Å². The van der Waals surface area contributed by atoms with E-state index in [1.165, 1.54) is 12.8 Å². The van der Waals surface area contributed by atoms with Crippen molar-refractivity contribution in [2.75, 3.05) is 0 Å². The molecular weight excluding hydrogens is 236 g/mol. The molecule has 1 fully saturated rings. The second-order valence-electron chi connectivity index (χ2n) is 4.63. The van der Waals surface area contributed by atoms with Crippen molar-refractivity contribution in [1.82, 2.24) is 0 Å². The van der Waals surface area contributed by atoms with Crippen molar-refractivity contribution in [2.45, 2.75) is 31.6 Å². The molecule has 88 valence electrons. The lowest BCUT2D eigenvalue weighted by molar-refractivity contribution is 0.483. The van der Waals surface area contributed by atoms with Gasteiger partial charge in [0.1, 0.15) is 11.3 Å². The van der Waals surface area contributed by atoms with Gasteiger partial charge in [0.15, 0.2) is 5.43 Å². The normalized spacial score (nSPS) is 16.8. The van der Waals surface area contributed by atoms with Gasteiger partial charge in [-0.3, -0.25) is 4.79 Å². The minimum Gasteiger partial charge on any atom is -0.461 e. The van der Waals surface area contributed by atoms with Crippen LogP contribution in [-0.4, -0.2) is 0 Å². The first-order valence-electron chi connectivity index (χ1n) is 5.97. The zero-order valence-corrected chi connectivity index (χ0v) is 10.2. The summed E-state index contributed by atoms with van der Waals surface area (Å²) in [5.74, 6) is 1.25. The molecule has 0 spiro atoms. The summed E-state index contributed by atoms with van der Waals surface area (Å²) in [7, 11) is 0. The smallest absolute Gasteiger partial charge is 0.193 e. The number of hydrogen-bond acceptors (Lipinski definition) is 2. The Morgan fingerprint density at radius 3 is 2.71 bits per heavy atom. The number of rotatable bonds is 1. The quantitative estimate of drug-likeness (QED) is 0.760. The van der Waals surface area contributed by atoms with E-state index in [1.54, 1.807) is 24.3 Å². The molecule has 1 aromatic carbocycles. The predicted molar refractivity (Wildman–Crippen MR) is 68.7 cm³/mol. The van der Waals surface area contributed by atoms with Crippen LogP contribution >= 0.6 is 11.6 Å². The van der Waals surface area contributed by atoms with Crippen LogP contribution < -0.4 is 5.43 Å². The van der Waals surface area contributed by atoms with E-state index in [4.69, 9.17) is 16.0 Å². The Balaban J connectivity index is 2.17. The average Bonchev–Trinajstić information content (AvgIpc) is 2.83. The molecule has 2 aromatic rings. The summed E-state index contributed by atoms with van der Waals surface area (Å²) in [6.07, 6.45) is 4.71. The number of benzene rings is 1. The number of hydrogen-bond donors (Lipinski definition) is 0. The Hall–Kier alpha value is -1.28. The first-order chi connectivity index (χ1) is 8.24. The molecule has 3 rings (SSSR count). The minimum atomic E-state index is 0.00986. The Labute approximate surface area is 104 Å². The highest BCUT2D eigenvalue weighted by atomic mass is 35.5. The van der Waals surface area contributed by atoms with Crippen molar-refractivity contribution >= 4 is 22.6 Å². The molecule has 0 bridgehead atoms. The van der Waals surface area contributed by atoms with Crippen molar-refractivity contribution in [3.05, 3.63) is 45.3 Å². The van der Waals surface area contributed by atoms with Crippen LogP contribution in [0, 0.1) is 0 Å². The fraction of sp³-hybridized carbons (Fsp3) is 0.357. The maximum absolute atomic E-state index is 12.0.